The van der Waals surface area contributed by atoms with E-state index in [9.17, 15) is 9.90 Å². The highest BCUT2D eigenvalue weighted by Gasteiger charge is 2.23. The van der Waals surface area contributed by atoms with Crippen LogP contribution < -0.4 is 15.2 Å². The highest BCUT2D eigenvalue weighted by atomic mass is 16.5. The van der Waals surface area contributed by atoms with Crippen LogP contribution in [0.15, 0.2) is 48.5 Å². The second-order valence-corrected chi connectivity index (χ2v) is 5.28. The summed E-state index contributed by atoms with van der Waals surface area (Å²) < 4.78 is 10.2. The van der Waals surface area contributed by atoms with E-state index in [4.69, 9.17) is 15.2 Å². The first-order valence-corrected chi connectivity index (χ1v) is 7.31. The molecule has 0 bridgehead atoms. The van der Waals surface area contributed by atoms with Gasteiger partial charge in [0.05, 0.1) is 20.1 Å². The molecule has 2 unspecified atom stereocenters. The minimum atomic E-state index is -0.890. The molecule has 0 amide bonds. The summed E-state index contributed by atoms with van der Waals surface area (Å²) in [7, 11) is 3.17. The van der Waals surface area contributed by atoms with Gasteiger partial charge in [-0.25, -0.2) is 0 Å². The van der Waals surface area contributed by atoms with Crippen molar-refractivity contribution in [2.45, 2.75) is 18.4 Å². The Morgan fingerprint density at radius 2 is 1.39 bits per heavy atom. The van der Waals surface area contributed by atoms with Crippen molar-refractivity contribution in [3.63, 3.8) is 0 Å². The van der Waals surface area contributed by atoms with Crippen LogP contribution in [-0.4, -0.2) is 25.3 Å². The van der Waals surface area contributed by atoms with Crippen molar-refractivity contribution in [2.24, 2.45) is 5.73 Å². The lowest BCUT2D eigenvalue weighted by molar-refractivity contribution is -0.139. The molecule has 2 aromatic carbocycles. The summed E-state index contributed by atoms with van der Waals surface area (Å²) in [4.78, 5) is 11.6. The molecule has 0 spiro atoms. The monoisotopic (exact) mass is 315 g/mol. The number of nitrogens with two attached hydrogens (primary N) is 1. The van der Waals surface area contributed by atoms with E-state index in [1.807, 2.05) is 24.3 Å². The fourth-order valence-electron chi connectivity index (χ4n) is 2.46. The Labute approximate surface area is 135 Å². The smallest absolute Gasteiger partial charge is 0.311 e. The minimum absolute atomic E-state index is 0.313. The zero-order chi connectivity index (χ0) is 16.8. The minimum Gasteiger partial charge on any atom is -0.497 e. The molecule has 0 aliphatic heterocycles. The van der Waals surface area contributed by atoms with Crippen molar-refractivity contribution < 1.29 is 19.4 Å². The largest absolute Gasteiger partial charge is 0.497 e. The van der Waals surface area contributed by atoms with Crippen molar-refractivity contribution >= 4 is 5.97 Å². The number of hydrogen-bond donors (Lipinski definition) is 2. The van der Waals surface area contributed by atoms with E-state index in [2.05, 4.69) is 0 Å². The topological polar surface area (TPSA) is 81.8 Å². The number of aliphatic carboxylic acids is 1. The molecule has 0 radical (unpaired) electrons. The molecule has 0 saturated heterocycles. The maximum absolute atomic E-state index is 11.6. The van der Waals surface area contributed by atoms with E-state index in [-0.39, 0.29) is 6.04 Å². The molecular weight excluding hydrogens is 294 g/mol. The molecule has 122 valence electrons. The van der Waals surface area contributed by atoms with E-state index in [1.165, 1.54) is 0 Å². The maximum Gasteiger partial charge on any atom is 0.311 e. The average molecular weight is 315 g/mol. The number of carbonyl (C=O) groups is 1. The third-order valence-corrected chi connectivity index (χ3v) is 3.85. The maximum atomic E-state index is 11.6. The van der Waals surface area contributed by atoms with Gasteiger partial charge >= 0.3 is 5.97 Å². The quantitative estimate of drug-likeness (QED) is 0.821. The van der Waals surface area contributed by atoms with Crippen LogP contribution in [0, 0.1) is 0 Å². The molecule has 2 rings (SSSR count). The Kier molecular flexibility index (Phi) is 5.60. The molecule has 0 fully saturated rings. The van der Waals surface area contributed by atoms with Gasteiger partial charge in [0.25, 0.3) is 0 Å². The van der Waals surface area contributed by atoms with Gasteiger partial charge in [0.15, 0.2) is 0 Å². The molecule has 2 atom stereocenters. The number of benzene rings is 2. The first-order chi connectivity index (χ1) is 11.0. The van der Waals surface area contributed by atoms with Gasteiger partial charge in [0.2, 0.25) is 0 Å². The Balaban J connectivity index is 2.15. The molecule has 0 aliphatic carbocycles. The summed E-state index contributed by atoms with van der Waals surface area (Å²) in [5.74, 6) is -0.125. The lowest BCUT2D eigenvalue weighted by Gasteiger charge is -2.19. The van der Waals surface area contributed by atoms with E-state index >= 15 is 0 Å². The van der Waals surface area contributed by atoms with Crippen molar-refractivity contribution in [1.82, 2.24) is 0 Å². The summed E-state index contributed by atoms with van der Waals surface area (Å²) in [5.41, 5.74) is 7.78. The van der Waals surface area contributed by atoms with Crippen LogP contribution in [-0.2, 0) is 4.79 Å². The number of carboxylic acids is 1. The Morgan fingerprint density at radius 3 is 1.78 bits per heavy atom. The number of carboxylic acid groups (broad SMARTS) is 1. The number of rotatable bonds is 7. The fourth-order valence-corrected chi connectivity index (χ4v) is 2.46. The van der Waals surface area contributed by atoms with Gasteiger partial charge in [0.1, 0.15) is 11.5 Å². The van der Waals surface area contributed by atoms with Gasteiger partial charge in [-0.15, -0.1) is 0 Å². The molecule has 3 N–H and O–H groups in total. The van der Waals surface area contributed by atoms with Crippen LogP contribution in [0.25, 0.3) is 0 Å². The fraction of sp³-hybridized carbons (Fsp3) is 0.278. The Morgan fingerprint density at radius 1 is 0.957 bits per heavy atom. The van der Waals surface area contributed by atoms with Crippen molar-refractivity contribution in [1.29, 1.82) is 0 Å². The first kappa shape index (κ1) is 16.8. The lowest BCUT2D eigenvalue weighted by atomic mass is 9.89. The zero-order valence-electron chi connectivity index (χ0n) is 13.2. The SMILES string of the molecule is COc1ccc(C(N)CC(C(=O)O)c2ccc(OC)cc2)cc1. The van der Waals surface area contributed by atoms with Crippen molar-refractivity contribution in [3.05, 3.63) is 59.7 Å². The van der Waals surface area contributed by atoms with Crippen LogP contribution >= 0.6 is 0 Å². The summed E-state index contributed by atoms with van der Waals surface area (Å²) in [5, 5.41) is 9.52. The van der Waals surface area contributed by atoms with Gasteiger partial charge in [-0.1, -0.05) is 24.3 Å². The molecule has 0 aromatic heterocycles. The predicted molar refractivity (Wildman–Crippen MR) is 87.9 cm³/mol. The Hall–Kier alpha value is -2.53. The number of hydrogen-bond acceptors (Lipinski definition) is 4. The van der Waals surface area contributed by atoms with Gasteiger partial charge in [-0.05, 0) is 41.8 Å². The molecule has 0 heterocycles. The summed E-state index contributed by atoms with van der Waals surface area (Å²) in [6.07, 6.45) is 0.313. The molecule has 5 nitrogen and oxygen atoms in total. The van der Waals surface area contributed by atoms with Gasteiger partial charge in [0, 0.05) is 6.04 Å². The van der Waals surface area contributed by atoms with Crippen LogP contribution in [0.2, 0.25) is 0 Å². The third-order valence-electron chi connectivity index (χ3n) is 3.85. The highest BCUT2D eigenvalue weighted by Crippen LogP contribution is 2.29. The van der Waals surface area contributed by atoms with E-state index < -0.39 is 11.9 Å². The van der Waals surface area contributed by atoms with Crippen LogP contribution in [0.5, 0.6) is 11.5 Å². The summed E-state index contributed by atoms with van der Waals surface area (Å²) in [6.45, 7) is 0. The standard InChI is InChI=1S/C18H21NO4/c1-22-14-7-3-12(4-8-14)16(18(20)21)11-17(19)13-5-9-15(23-2)10-6-13/h3-10,16-17H,11,19H2,1-2H3,(H,20,21). The molecule has 23 heavy (non-hydrogen) atoms. The predicted octanol–water partition coefficient (Wildman–Crippen LogP) is 2.96. The average Bonchev–Trinajstić information content (AvgIpc) is 2.59. The van der Waals surface area contributed by atoms with E-state index in [0.717, 1.165) is 11.3 Å². The number of methoxy groups -OCH3 is 2. The molecule has 2 aromatic rings. The zero-order valence-corrected chi connectivity index (χ0v) is 13.2. The van der Waals surface area contributed by atoms with Crippen LogP contribution in [0.4, 0.5) is 0 Å². The van der Waals surface area contributed by atoms with Crippen LogP contribution in [0.3, 0.4) is 0 Å². The van der Waals surface area contributed by atoms with Gasteiger partial charge < -0.3 is 20.3 Å². The molecular formula is C18H21NO4. The van der Waals surface area contributed by atoms with Crippen molar-refractivity contribution in [2.75, 3.05) is 14.2 Å². The van der Waals surface area contributed by atoms with Gasteiger partial charge in [-0.2, -0.15) is 0 Å². The highest BCUT2D eigenvalue weighted by molar-refractivity contribution is 5.76. The normalized spacial score (nSPS) is 13.2. The van der Waals surface area contributed by atoms with Crippen molar-refractivity contribution in [3.8, 4) is 11.5 Å². The number of ether oxygens (including phenoxy) is 2. The van der Waals surface area contributed by atoms with Gasteiger partial charge in [-0.3, -0.25) is 4.79 Å². The van der Waals surface area contributed by atoms with E-state index in [1.54, 1.807) is 38.5 Å². The third kappa shape index (κ3) is 4.23. The van der Waals surface area contributed by atoms with E-state index in [0.29, 0.717) is 17.7 Å². The molecule has 0 saturated carbocycles. The lowest BCUT2D eigenvalue weighted by Crippen LogP contribution is -2.20. The summed E-state index contributed by atoms with van der Waals surface area (Å²) >= 11 is 0. The molecule has 5 heteroatoms. The van der Waals surface area contributed by atoms with Crippen LogP contribution in [0.1, 0.15) is 29.5 Å². The molecule has 0 aliphatic rings. The summed E-state index contributed by atoms with van der Waals surface area (Å²) in [6, 6.07) is 14.0. The Bertz CT molecular complexity index is 637. The second kappa shape index (κ2) is 7.65. The second-order valence-electron chi connectivity index (χ2n) is 5.28. The first-order valence-electron chi connectivity index (χ1n) is 7.31.